The molecule has 1 fully saturated rings. The fraction of sp³-hybridized carbons (Fsp3) is 0.391. The quantitative estimate of drug-likeness (QED) is 0.706. The van der Waals surface area contributed by atoms with Crippen LogP contribution in [0.1, 0.15) is 18.4 Å². The van der Waals surface area contributed by atoms with Crippen molar-refractivity contribution in [2.75, 3.05) is 26.7 Å². The lowest BCUT2D eigenvalue weighted by atomic mass is 9.73. The number of carbonyl (C=O) groups excluding carboxylic acids is 2. The van der Waals surface area contributed by atoms with Crippen LogP contribution in [0.3, 0.4) is 0 Å². The van der Waals surface area contributed by atoms with Crippen LogP contribution in [-0.2, 0) is 16.0 Å². The van der Waals surface area contributed by atoms with Crippen LogP contribution in [0.5, 0.6) is 5.75 Å². The highest BCUT2D eigenvalue weighted by Gasteiger charge is 2.53. The zero-order valence-electron chi connectivity index (χ0n) is 17.9. The predicted molar refractivity (Wildman–Crippen MR) is 116 cm³/mol. The van der Waals surface area contributed by atoms with E-state index in [-0.39, 0.29) is 37.1 Å². The maximum Gasteiger partial charge on any atom is 0.256 e. The topological polar surface area (TPSA) is 101 Å². The molecule has 2 aromatic rings. The number of benzene rings is 1. The SMILES string of the molecule is CN1N=C2CCN(C(=O)[C@H](N)CCOc3cncc(F)c3)C[C@@]2(Cc2ccccc2)C1=O. The average molecular weight is 439 g/mol. The number of piperidine rings is 1. The summed E-state index contributed by atoms with van der Waals surface area (Å²) < 4.78 is 18.7. The molecule has 168 valence electrons. The van der Waals surface area contributed by atoms with Crippen LogP contribution in [-0.4, -0.2) is 65.2 Å². The summed E-state index contributed by atoms with van der Waals surface area (Å²) in [5.41, 5.74) is 7.11. The standard InChI is InChI=1S/C23H26FN5O3/c1-28-22(31)23(12-16-5-3-2-4-6-16)15-29(9-7-20(23)27-28)21(30)19(25)8-10-32-18-11-17(24)13-26-14-18/h2-6,11,13-14,19H,7-10,12,15,25H2,1H3/t19-,23-/m1/s1. The highest BCUT2D eigenvalue weighted by Crippen LogP contribution is 2.38. The van der Waals surface area contributed by atoms with E-state index in [0.29, 0.717) is 19.4 Å². The number of fused-ring (bicyclic) bond motifs is 1. The Morgan fingerprint density at radius 3 is 2.84 bits per heavy atom. The second kappa shape index (κ2) is 9.04. The van der Waals surface area contributed by atoms with E-state index in [1.165, 1.54) is 17.3 Å². The molecular weight excluding hydrogens is 413 g/mol. The van der Waals surface area contributed by atoms with Gasteiger partial charge in [-0.3, -0.25) is 14.6 Å². The molecule has 2 aliphatic heterocycles. The number of hydrazone groups is 1. The molecule has 2 N–H and O–H groups in total. The van der Waals surface area contributed by atoms with E-state index >= 15 is 0 Å². The molecule has 4 rings (SSSR count). The molecule has 9 heteroatoms. The number of hydrogen-bond acceptors (Lipinski definition) is 6. The second-order valence-corrected chi connectivity index (χ2v) is 8.21. The van der Waals surface area contributed by atoms with Gasteiger partial charge in [-0.15, -0.1) is 0 Å². The first kappa shape index (κ1) is 21.9. The van der Waals surface area contributed by atoms with Crippen molar-refractivity contribution in [1.29, 1.82) is 0 Å². The molecule has 0 aliphatic carbocycles. The zero-order chi connectivity index (χ0) is 22.7. The van der Waals surface area contributed by atoms with Gasteiger partial charge in [-0.05, 0) is 12.0 Å². The van der Waals surface area contributed by atoms with Gasteiger partial charge in [0.1, 0.15) is 17.0 Å². The first-order chi connectivity index (χ1) is 15.4. The Kier molecular flexibility index (Phi) is 6.18. The summed E-state index contributed by atoms with van der Waals surface area (Å²) in [6.07, 6.45) is 3.74. The molecule has 1 aromatic carbocycles. The molecule has 1 aromatic heterocycles. The van der Waals surface area contributed by atoms with Gasteiger partial charge in [0.25, 0.3) is 5.91 Å². The van der Waals surface area contributed by atoms with Gasteiger partial charge >= 0.3 is 0 Å². The highest BCUT2D eigenvalue weighted by molar-refractivity contribution is 6.13. The number of ether oxygens (including phenoxy) is 1. The molecule has 2 aliphatic rings. The number of amides is 2. The number of nitrogens with zero attached hydrogens (tertiary/aromatic N) is 4. The summed E-state index contributed by atoms with van der Waals surface area (Å²) in [5, 5.41) is 5.85. The summed E-state index contributed by atoms with van der Waals surface area (Å²) in [7, 11) is 1.65. The summed E-state index contributed by atoms with van der Waals surface area (Å²) >= 11 is 0. The third kappa shape index (κ3) is 4.34. The molecular formula is C23H26FN5O3. The lowest BCUT2D eigenvalue weighted by Gasteiger charge is -2.40. The van der Waals surface area contributed by atoms with Crippen LogP contribution in [0.25, 0.3) is 0 Å². The Morgan fingerprint density at radius 1 is 1.31 bits per heavy atom. The Bertz CT molecular complexity index is 1030. The zero-order valence-corrected chi connectivity index (χ0v) is 17.9. The molecule has 8 nitrogen and oxygen atoms in total. The van der Waals surface area contributed by atoms with E-state index in [1.54, 1.807) is 11.9 Å². The van der Waals surface area contributed by atoms with E-state index in [0.717, 1.165) is 17.5 Å². The number of carbonyl (C=O) groups is 2. The second-order valence-electron chi connectivity index (χ2n) is 8.21. The third-order valence-electron chi connectivity index (χ3n) is 5.96. The molecule has 0 saturated carbocycles. The molecule has 32 heavy (non-hydrogen) atoms. The number of pyridine rings is 1. The van der Waals surface area contributed by atoms with Crippen LogP contribution >= 0.6 is 0 Å². The van der Waals surface area contributed by atoms with Crippen molar-refractivity contribution in [3.8, 4) is 5.75 Å². The van der Waals surface area contributed by atoms with Gasteiger partial charge in [-0.25, -0.2) is 9.40 Å². The number of nitrogens with two attached hydrogens (primary N) is 1. The van der Waals surface area contributed by atoms with Crippen LogP contribution in [0.15, 0.2) is 53.9 Å². The summed E-state index contributed by atoms with van der Waals surface area (Å²) in [5.74, 6) is -0.558. The molecule has 1 saturated heterocycles. The Balaban J connectivity index is 1.43. The summed E-state index contributed by atoms with van der Waals surface area (Å²) in [6, 6.07) is 10.2. The van der Waals surface area contributed by atoms with Crippen LogP contribution in [0, 0.1) is 11.2 Å². The van der Waals surface area contributed by atoms with Crippen LogP contribution in [0.2, 0.25) is 0 Å². The predicted octanol–water partition coefficient (Wildman–Crippen LogP) is 1.61. The Labute approximate surface area is 185 Å². The monoisotopic (exact) mass is 439 g/mol. The fourth-order valence-electron chi connectivity index (χ4n) is 4.35. The van der Waals surface area contributed by atoms with Gasteiger partial charge in [0, 0.05) is 39.0 Å². The number of rotatable bonds is 7. The normalized spacial score (nSPS) is 21.2. The van der Waals surface area contributed by atoms with E-state index in [9.17, 15) is 14.0 Å². The number of aromatic nitrogens is 1. The summed E-state index contributed by atoms with van der Waals surface area (Å²) in [6.45, 7) is 0.845. The molecule has 0 bridgehead atoms. The lowest BCUT2D eigenvalue weighted by molar-refractivity contribution is -0.140. The minimum Gasteiger partial charge on any atom is -0.492 e. The molecule has 2 amide bonds. The van der Waals surface area contributed by atoms with Crippen molar-refractivity contribution in [3.05, 3.63) is 60.2 Å². The minimum atomic E-state index is -0.868. The number of halogens is 1. The number of likely N-dealkylation sites (tertiary alicyclic amines) is 1. The third-order valence-corrected chi connectivity index (χ3v) is 5.96. The van der Waals surface area contributed by atoms with Gasteiger partial charge in [-0.2, -0.15) is 5.10 Å². The first-order valence-corrected chi connectivity index (χ1v) is 10.6. The van der Waals surface area contributed by atoms with Gasteiger partial charge in [-0.1, -0.05) is 30.3 Å². The Hall–Kier alpha value is -3.33. The van der Waals surface area contributed by atoms with E-state index in [1.807, 2.05) is 30.3 Å². The molecule has 0 radical (unpaired) electrons. The van der Waals surface area contributed by atoms with Crippen molar-refractivity contribution in [1.82, 2.24) is 14.9 Å². The van der Waals surface area contributed by atoms with Crippen molar-refractivity contribution >= 4 is 17.5 Å². The van der Waals surface area contributed by atoms with E-state index < -0.39 is 17.3 Å². The smallest absolute Gasteiger partial charge is 0.256 e. The average Bonchev–Trinajstić information content (AvgIpc) is 3.03. The lowest BCUT2D eigenvalue weighted by Crippen LogP contribution is -2.58. The van der Waals surface area contributed by atoms with E-state index in [2.05, 4.69) is 10.1 Å². The molecule has 3 heterocycles. The van der Waals surface area contributed by atoms with E-state index in [4.69, 9.17) is 10.5 Å². The largest absolute Gasteiger partial charge is 0.492 e. The van der Waals surface area contributed by atoms with Gasteiger partial charge in [0.05, 0.1) is 30.8 Å². The highest BCUT2D eigenvalue weighted by atomic mass is 19.1. The van der Waals surface area contributed by atoms with Crippen molar-refractivity contribution < 1.29 is 18.7 Å². The van der Waals surface area contributed by atoms with Crippen LogP contribution < -0.4 is 10.5 Å². The van der Waals surface area contributed by atoms with Gasteiger partial charge in [0.15, 0.2) is 0 Å². The molecule has 0 unspecified atom stereocenters. The first-order valence-electron chi connectivity index (χ1n) is 10.6. The van der Waals surface area contributed by atoms with Crippen molar-refractivity contribution in [3.63, 3.8) is 0 Å². The van der Waals surface area contributed by atoms with Crippen LogP contribution in [0.4, 0.5) is 4.39 Å². The van der Waals surface area contributed by atoms with Gasteiger partial charge < -0.3 is 15.4 Å². The minimum absolute atomic E-state index is 0.107. The molecule has 0 spiro atoms. The number of hydrogen-bond donors (Lipinski definition) is 1. The fourth-order valence-corrected chi connectivity index (χ4v) is 4.35. The maximum atomic E-state index is 13.2. The maximum absolute atomic E-state index is 13.2. The molecule has 2 atom stereocenters. The van der Waals surface area contributed by atoms with Crippen molar-refractivity contribution in [2.24, 2.45) is 16.3 Å². The van der Waals surface area contributed by atoms with Crippen molar-refractivity contribution in [2.45, 2.75) is 25.3 Å². The Morgan fingerprint density at radius 2 is 2.09 bits per heavy atom. The summed E-state index contributed by atoms with van der Waals surface area (Å²) in [4.78, 5) is 31.6. The van der Waals surface area contributed by atoms with Gasteiger partial charge in [0.2, 0.25) is 5.91 Å².